The van der Waals surface area contributed by atoms with E-state index in [0.29, 0.717) is 16.0 Å². The lowest BCUT2D eigenvalue weighted by molar-refractivity contribution is -0.141. The van der Waals surface area contributed by atoms with Crippen molar-refractivity contribution in [1.82, 2.24) is 3.96 Å². The van der Waals surface area contributed by atoms with E-state index in [4.69, 9.17) is 0 Å². The molecular weight excluding hydrogens is 278 g/mol. The topological polar surface area (TPSA) is 65.4 Å². The fraction of sp³-hybridized carbons (Fsp3) is 0.214. The van der Waals surface area contributed by atoms with Gasteiger partial charge in [0.1, 0.15) is 11.4 Å². The van der Waals surface area contributed by atoms with Crippen molar-refractivity contribution in [1.29, 1.82) is 0 Å². The van der Waals surface area contributed by atoms with Crippen molar-refractivity contribution < 1.29 is 14.3 Å². The number of methoxy groups -OCH3 is 1. The summed E-state index contributed by atoms with van der Waals surface area (Å²) >= 11 is 0.987. The normalized spacial score (nSPS) is 10.3. The molecule has 1 heterocycles. The van der Waals surface area contributed by atoms with E-state index < -0.39 is 5.97 Å². The van der Waals surface area contributed by atoms with Crippen LogP contribution in [-0.2, 0) is 16.1 Å². The van der Waals surface area contributed by atoms with E-state index >= 15 is 0 Å². The van der Waals surface area contributed by atoms with Gasteiger partial charge < -0.3 is 4.74 Å². The minimum absolute atomic E-state index is 0.178. The average molecular weight is 291 g/mol. The molecular formula is C14H13NO4S. The Hall–Kier alpha value is -2.21. The average Bonchev–Trinajstić information content (AvgIpc) is 2.75. The molecule has 0 aliphatic heterocycles. The Morgan fingerprint density at radius 3 is 2.50 bits per heavy atom. The number of nitrogens with zero attached hydrogens (tertiary/aromatic N) is 1. The molecule has 0 spiro atoms. The van der Waals surface area contributed by atoms with Gasteiger partial charge in [0.2, 0.25) is 5.78 Å². The van der Waals surface area contributed by atoms with Crippen LogP contribution in [0, 0.1) is 6.92 Å². The molecule has 0 saturated carbocycles. The number of carbonyl (C=O) groups is 2. The summed E-state index contributed by atoms with van der Waals surface area (Å²) < 4.78 is 5.76. The molecule has 0 bridgehead atoms. The lowest BCUT2D eigenvalue weighted by atomic mass is 10.1. The molecule has 0 unspecified atom stereocenters. The molecule has 104 valence electrons. The van der Waals surface area contributed by atoms with Crippen LogP contribution in [0.1, 0.15) is 20.8 Å². The Morgan fingerprint density at radius 1 is 1.25 bits per heavy atom. The number of hydrogen-bond donors (Lipinski definition) is 0. The van der Waals surface area contributed by atoms with Gasteiger partial charge in [-0.2, -0.15) is 0 Å². The number of aromatic nitrogens is 1. The first-order chi connectivity index (χ1) is 9.54. The first-order valence-electron chi connectivity index (χ1n) is 5.92. The Morgan fingerprint density at radius 2 is 1.90 bits per heavy atom. The third-order valence-corrected chi connectivity index (χ3v) is 4.02. The third kappa shape index (κ3) is 2.70. The molecule has 0 atom stereocenters. The standard InChI is InChI=1S/C14H13NO4S/c1-9-13(12(17)10-6-4-3-5-7-10)20-15(14(9)18)8-11(16)19-2/h3-7H,8H2,1-2H3. The maximum atomic E-state index is 12.3. The predicted molar refractivity (Wildman–Crippen MR) is 75.2 cm³/mol. The Kier molecular flexibility index (Phi) is 4.14. The van der Waals surface area contributed by atoms with Crippen LogP contribution < -0.4 is 5.56 Å². The molecule has 1 aromatic heterocycles. The minimum atomic E-state index is -0.521. The highest BCUT2D eigenvalue weighted by Gasteiger charge is 2.20. The zero-order chi connectivity index (χ0) is 14.7. The van der Waals surface area contributed by atoms with Crippen molar-refractivity contribution in [3.8, 4) is 0 Å². The van der Waals surface area contributed by atoms with Gasteiger partial charge in [0.15, 0.2) is 0 Å². The summed E-state index contributed by atoms with van der Waals surface area (Å²) in [6.45, 7) is 1.41. The third-order valence-electron chi connectivity index (χ3n) is 2.83. The van der Waals surface area contributed by atoms with Gasteiger partial charge >= 0.3 is 5.97 Å². The largest absolute Gasteiger partial charge is 0.468 e. The van der Waals surface area contributed by atoms with Crippen LogP contribution in [0.2, 0.25) is 0 Å². The Balaban J connectivity index is 2.39. The number of benzene rings is 1. The van der Waals surface area contributed by atoms with Crippen LogP contribution in [0.3, 0.4) is 0 Å². The van der Waals surface area contributed by atoms with Gasteiger partial charge in [0.25, 0.3) is 5.56 Å². The molecule has 5 nitrogen and oxygen atoms in total. The first kappa shape index (κ1) is 14.2. The lowest BCUT2D eigenvalue weighted by Crippen LogP contribution is -2.20. The van der Waals surface area contributed by atoms with Gasteiger partial charge in [-0.15, -0.1) is 0 Å². The molecule has 0 aliphatic rings. The fourth-order valence-electron chi connectivity index (χ4n) is 1.72. The second-order valence-electron chi connectivity index (χ2n) is 4.16. The minimum Gasteiger partial charge on any atom is -0.468 e. The van der Waals surface area contributed by atoms with Crippen molar-refractivity contribution in [3.05, 3.63) is 56.7 Å². The van der Waals surface area contributed by atoms with Crippen LogP contribution in [0.5, 0.6) is 0 Å². The number of hydrogen-bond acceptors (Lipinski definition) is 5. The van der Waals surface area contributed by atoms with Gasteiger partial charge in [-0.25, -0.2) is 0 Å². The van der Waals surface area contributed by atoms with Crippen molar-refractivity contribution in [2.75, 3.05) is 7.11 Å². The summed E-state index contributed by atoms with van der Waals surface area (Å²) in [6, 6.07) is 8.72. The molecule has 0 amide bonds. The maximum Gasteiger partial charge on any atom is 0.326 e. The van der Waals surface area contributed by atoms with E-state index in [9.17, 15) is 14.4 Å². The molecule has 0 saturated heterocycles. The van der Waals surface area contributed by atoms with Gasteiger partial charge in [0, 0.05) is 11.1 Å². The van der Waals surface area contributed by atoms with Crippen LogP contribution in [0.4, 0.5) is 0 Å². The van der Waals surface area contributed by atoms with Crippen LogP contribution in [0.15, 0.2) is 35.1 Å². The monoisotopic (exact) mass is 291 g/mol. The SMILES string of the molecule is COC(=O)Cn1sc(C(=O)c2ccccc2)c(C)c1=O. The Bertz CT molecular complexity index is 700. The van der Waals surface area contributed by atoms with Crippen LogP contribution in [-0.4, -0.2) is 22.8 Å². The highest BCUT2D eigenvalue weighted by atomic mass is 32.1. The van der Waals surface area contributed by atoms with Gasteiger partial charge in [-0.3, -0.25) is 18.3 Å². The second kappa shape index (κ2) is 5.83. The smallest absolute Gasteiger partial charge is 0.326 e. The first-order valence-corrected chi connectivity index (χ1v) is 6.69. The van der Waals surface area contributed by atoms with Gasteiger partial charge in [0.05, 0.1) is 7.11 Å². The highest BCUT2D eigenvalue weighted by Crippen LogP contribution is 2.17. The van der Waals surface area contributed by atoms with Gasteiger partial charge in [-0.05, 0) is 6.92 Å². The fourth-order valence-corrected chi connectivity index (χ4v) is 2.76. The summed E-state index contributed by atoms with van der Waals surface area (Å²) in [6.07, 6.45) is 0. The van der Waals surface area contributed by atoms with Crippen LogP contribution in [0.25, 0.3) is 0 Å². The summed E-state index contributed by atoms with van der Waals surface area (Å²) in [7, 11) is 1.25. The second-order valence-corrected chi connectivity index (χ2v) is 5.19. The number of ether oxygens (including phenoxy) is 1. The quantitative estimate of drug-likeness (QED) is 0.634. The number of rotatable bonds is 4. The zero-order valence-corrected chi connectivity index (χ0v) is 11.9. The number of ketones is 1. The van der Waals surface area contributed by atoms with Gasteiger partial charge in [-0.1, -0.05) is 41.9 Å². The van der Waals surface area contributed by atoms with E-state index in [1.54, 1.807) is 31.2 Å². The molecule has 20 heavy (non-hydrogen) atoms. The van der Waals surface area contributed by atoms with E-state index in [2.05, 4.69) is 4.74 Å². The molecule has 0 radical (unpaired) electrons. The predicted octanol–water partition coefficient (Wildman–Crippen LogP) is 1.62. The molecule has 6 heteroatoms. The molecule has 0 fully saturated rings. The van der Waals surface area contributed by atoms with E-state index in [0.717, 1.165) is 11.5 Å². The zero-order valence-electron chi connectivity index (χ0n) is 11.1. The number of esters is 1. The summed E-state index contributed by atoms with van der Waals surface area (Å²) in [5.41, 5.74) is 0.537. The van der Waals surface area contributed by atoms with E-state index in [-0.39, 0.29) is 17.9 Å². The van der Waals surface area contributed by atoms with Crippen molar-refractivity contribution in [2.45, 2.75) is 13.5 Å². The van der Waals surface area contributed by atoms with Crippen molar-refractivity contribution in [2.24, 2.45) is 0 Å². The maximum absolute atomic E-state index is 12.3. The number of carbonyl (C=O) groups excluding carboxylic acids is 2. The molecule has 2 rings (SSSR count). The Labute approximate surface area is 119 Å². The lowest BCUT2D eigenvalue weighted by Gasteiger charge is -1.98. The van der Waals surface area contributed by atoms with E-state index in [1.807, 2.05) is 6.07 Å². The molecule has 0 aliphatic carbocycles. The summed E-state index contributed by atoms with van der Waals surface area (Å²) in [4.78, 5) is 35.9. The summed E-state index contributed by atoms with van der Waals surface area (Å²) in [5.74, 6) is -0.735. The molecule has 0 N–H and O–H groups in total. The molecule has 2 aromatic rings. The van der Waals surface area contributed by atoms with Crippen LogP contribution >= 0.6 is 11.5 Å². The van der Waals surface area contributed by atoms with E-state index in [1.165, 1.54) is 11.1 Å². The summed E-state index contributed by atoms with van der Waals surface area (Å²) in [5, 5.41) is 0. The highest BCUT2D eigenvalue weighted by molar-refractivity contribution is 7.09. The molecule has 1 aromatic carbocycles. The van der Waals surface area contributed by atoms with Crippen molar-refractivity contribution >= 4 is 23.3 Å². The van der Waals surface area contributed by atoms with Crippen molar-refractivity contribution in [3.63, 3.8) is 0 Å².